The molecule has 0 unspecified atom stereocenters. The fourth-order valence-electron chi connectivity index (χ4n) is 2.02. The largest absolute Gasteiger partial charge is 0.453 e. The van der Waals surface area contributed by atoms with Gasteiger partial charge in [-0.05, 0) is 48.9 Å². The first-order valence-electron chi connectivity index (χ1n) is 7.96. The molecule has 2 rings (SSSR count). The minimum Gasteiger partial charge on any atom is -0.453 e. The first kappa shape index (κ1) is 20.8. The smallest absolute Gasteiger partial charge is 0.413 e. The standard InChI is InChI=1S/C19H18ClNO5S/c1-12(17(22)21-19(24)25-2)26-18(23)14-5-3-4-13(10-14)11-27-16-8-6-15(20)7-9-16/h3-10,12H,11H2,1-2H3,(H,21,22,24)/t12-/m1/s1. The highest BCUT2D eigenvalue weighted by Gasteiger charge is 2.21. The Balaban J connectivity index is 1.95. The predicted molar refractivity (Wildman–Crippen MR) is 103 cm³/mol. The Bertz CT molecular complexity index is 825. The minimum absolute atomic E-state index is 0.321. The molecule has 0 spiro atoms. The Morgan fingerprint density at radius 1 is 1.15 bits per heavy atom. The summed E-state index contributed by atoms with van der Waals surface area (Å²) in [6, 6.07) is 14.4. The summed E-state index contributed by atoms with van der Waals surface area (Å²) in [6.45, 7) is 1.37. The van der Waals surface area contributed by atoms with Crippen molar-refractivity contribution in [3.8, 4) is 0 Å². The van der Waals surface area contributed by atoms with Gasteiger partial charge in [0.15, 0.2) is 6.10 Å². The third-order valence-corrected chi connectivity index (χ3v) is 4.78. The third-order valence-electron chi connectivity index (χ3n) is 3.45. The molecule has 27 heavy (non-hydrogen) atoms. The number of esters is 1. The lowest BCUT2D eigenvalue weighted by Crippen LogP contribution is -2.39. The summed E-state index contributed by atoms with van der Waals surface area (Å²) in [4.78, 5) is 36.1. The van der Waals surface area contributed by atoms with Crippen molar-refractivity contribution < 1.29 is 23.9 Å². The maximum Gasteiger partial charge on any atom is 0.413 e. The van der Waals surface area contributed by atoms with Crippen LogP contribution in [0.15, 0.2) is 53.4 Å². The van der Waals surface area contributed by atoms with Gasteiger partial charge in [0.05, 0.1) is 12.7 Å². The van der Waals surface area contributed by atoms with Gasteiger partial charge in [0.25, 0.3) is 5.91 Å². The first-order valence-corrected chi connectivity index (χ1v) is 9.32. The molecule has 6 nitrogen and oxygen atoms in total. The molecule has 0 heterocycles. The van der Waals surface area contributed by atoms with Crippen LogP contribution in [0, 0.1) is 0 Å². The molecule has 1 atom stereocenters. The summed E-state index contributed by atoms with van der Waals surface area (Å²) in [5, 5.41) is 2.63. The number of alkyl carbamates (subject to hydrolysis) is 1. The highest BCUT2D eigenvalue weighted by molar-refractivity contribution is 7.98. The number of rotatable bonds is 6. The van der Waals surface area contributed by atoms with Crippen molar-refractivity contribution in [2.75, 3.05) is 7.11 Å². The van der Waals surface area contributed by atoms with Gasteiger partial charge in [-0.1, -0.05) is 23.7 Å². The number of imide groups is 1. The van der Waals surface area contributed by atoms with Gasteiger partial charge in [0.1, 0.15) is 0 Å². The summed E-state index contributed by atoms with van der Waals surface area (Å²) in [6.07, 6.45) is -2.05. The molecular weight excluding hydrogens is 390 g/mol. The molecule has 2 aromatic carbocycles. The second-order valence-electron chi connectivity index (χ2n) is 5.47. The lowest BCUT2D eigenvalue weighted by atomic mass is 10.1. The van der Waals surface area contributed by atoms with E-state index in [1.165, 1.54) is 6.92 Å². The van der Waals surface area contributed by atoms with Crippen LogP contribution in [0.3, 0.4) is 0 Å². The number of nitrogens with one attached hydrogen (secondary N) is 1. The number of halogens is 1. The van der Waals surface area contributed by atoms with Gasteiger partial charge in [0.2, 0.25) is 0 Å². The van der Waals surface area contributed by atoms with Crippen molar-refractivity contribution in [2.45, 2.75) is 23.7 Å². The Morgan fingerprint density at radius 2 is 1.85 bits per heavy atom. The topological polar surface area (TPSA) is 81.7 Å². The van der Waals surface area contributed by atoms with E-state index in [0.717, 1.165) is 17.6 Å². The summed E-state index contributed by atoms with van der Waals surface area (Å²) >= 11 is 7.47. The van der Waals surface area contributed by atoms with Crippen LogP contribution in [-0.2, 0) is 20.0 Å². The van der Waals surface area contributed by atoms with Crippen LogP contribution in [0.4, 0.5) is 4.79 Å². The lowest BCUT2D eigenvalue weighted by molar-refractivity contribution is -0.128. The number of amides is 2. The van der Waals surface area contributed by atoms with E-state index in [0.29, 0.717) is 16.3 Å². The predicted octanol–water partition coefficient (Wildman–Crippen LogP) is 4.06. The molecule has 0 bridgehead atoms. The molecule has 142 valence electrons. The second kappa shape index (κ2) is 9.99. The maximum absolute atomic E-state index is 12.2. The molecule has 0 aliphatic rings. The molecular formula is C19H18ClNO5S. The molecule has 0 fully saturated rings. The van der Waals surface area contributed by atoms with Gasteiger partial charge in [-0.2, -0.15) is 0 Å². The Hall–Kier alpha value is -2.51. The van der Waals surface area contributed by atoms with Gasteiger partial charge < -0.3 is 9.47 Å². The molecule has 0 saturated heterocycles. The summed E-state index contributed by atoms with van der Waals surface area (Å²) in [5.41, 5.74) is 1.25. The van der Waals surface area contributed by atoms with Crippen molar-refractivity contribution in [1.29, 1.82) is 0 Å². The summed E-state index contributed by atoms with van der Waals surface area (Å²) in [5.74, 6) is -0.758. The van der Waals surface area contributed by atoms with Gasteiger partial charge in [-0.3, -0.25) is 10.1 Å². The van der Waals surface area contributed by atoms with E-state index < -0.39 is 24.1 Å². The fourth-order valence-corrected chi connectivity index (χ4v) is 2.99. The van der Waals surface area contributed by atoms with Crippen LogP contribution < -0.4 is 5.32 Å². The molecule has 1 N–H and O–H groups in total. The Kier molecular flexibility index (Phi) is 7.69. The molecule has 0 radical (unpaired) electrons. The number of ether oxygens (including phenoxy) is 2. The zero-order valence-corrected chi connectivity index (χ0v) is 16.3. The molecule has 0 aliphatic heterocycles. The van der Waals surface area contributed by atoms with Crippen LogP contribution in [0.2, 0.25) is 5.02 Å². The number of carbonyl (C=O) groups excluding carboxylic acids is 3. The number of hydrogen-bond acceptors (Lipinski definition) is 6. The number of thioether (sulfide) groups is 1. The molecule has 2 aromatic rings. The van der Waals surface area contributed by atoms with Gasteiger partial charge >= 0.3 is 12.1 Å². The maximum atomic E-state index is 12.2. The third kappa shape index (κ3) is 6.62. The van der Waals surface area contributed by atoms with Crippen molar-refractivity contribution in [1.82, 2.24) is 5.32 Å². The number of benzene rings is 2. The number of methoxy groups -OCH3 is 1. The van der Waals surface area contributed by atoms with E-state index in [-0.39, 0.29) is 0 Å². The Labute approximate surface area is 166 Å². The van der Waals surface area contributed by atoms with Gasteiger partial charge in [-0.15, -0.1) is 11.8 Å². The van der Waals surface area contributed by atoms with Crippen LogP contribution in [0.25, 0.3) is 0 Å². The monoisotopic (exact) mass is 407 g/mol. The summed E-state index contributed by atoms with van der Waals surface area (Å²) in [7, 11) is 1.13. The van der Waals surface area contributed by atoms with Crippen molar-refractivity contribution in [2.24, 2.45) is 0 Å². The van der Waals surface area contributed by atoms with Crippen LogP contribution in [0.5, 0.6) is 0 Å². The zero-order chi connectivity index (χ0) is 19.8. The van der Waals surface area contributed by atoms with E-state index in [4.69, 9.17) is 16.3 Å². The Morgan fingerprint density at radius 3 is 2.52 bits per heavy atom. The molecule has 0 saturated carbocycles. The van der Waals surface area contributed by atoms with E-state index >= 15 is 0 Å². The SMILES string of the molecule is COC(=O)NC(=O)[C@@H](C)OC(=O)c1cccc(CSc2ccc(Cl)cc2)c1. The van der Waals surface area contributed by atoms with Crippen molar-refractivity contribution in [3.05, 3.63) is 64.7 Å². The van der Waals surface area contributed by atoms with Crippen LogP contribution >= 0.6 is 23.4 Å². The molecule has 2 amide bonds. The second-order valence-corrected chi connectivity index (χ2v) is 6.96. The fraction of sp³-hybridized carbons (Fsp3) is 0.211. The van der Waals surface area contributed by atoms with Gasteiger partial charge in [0, 0.05) is 15.7 Å². The molecule has 0 aromatic heterocycles. The highest BCUT2D eigenvalue weighted by Crippen LogP contribution is 2.24. The normalized spacial score (nSPS) is 11.4. The summed E-state index contributed by atoms with van der Waals surface area (Å²) < 4.78 is 9.42. The first-order chi connectivity index (χ1) is 12.9. The van der Waals surface area contributed by atoms with E-state index in [1.807, 2.05) is 35.6 Å². The average molecular weight is 408 g/mol. The quantitative estimate of drug-likeness (QED) is 0.574. The van der Waals surface area contributed by atoms with E-state index in [9.17, 15) is 14.4 Å². The highest BCUT2D eigenvalue weighted by atomic mass is 35.5. The van der Waals surface area contributed by atoms with Crippen molar-refractivity contribution in [3.63, 3.8) is 0 Å². The molecule has 0 aliphatic carbocycles. The molecule has 8 heteroatoms. The minimum atomic E-state index is -1.14. The van der Waals surface area contributed by atoms with Crippen LogP contribution in [-0.4, -0.2) is 31.2 Å². The number of carbonyl (C=O) groups is 3. The van der Waals surface area contributed by atoms with Crippen molar-refractivity contribution >= 4 is 41.3 Å². The van der Waals surface area contributed by atoms with Gasteiger partial charge in [-0.25, -0.2) is 9.59 Å². The van der Waals surface area contributed by atoms with Crippen LogP contribution in [0.1, 0.15) is 22.8 Å². The average Bonchev–Trinajstić information content (AvgIpc) is 2.67. The number of hydrogen-bond donors (Lipinski definition) is 1. The zero-order valence-electron chi connectivity index (χ0n) is 14.7. The van der Waals surface area contributed by atoms with E-state index in [2.05, 4.69) is 4.74 Å². The van der Waals surface area contributed by atoms with E-state index in [1.54, 1.807) is 30.0 Å². The lowest BCUT2D eigenvalue weighted by Gasteiger charge is -2.12.